The first-order valence-corrected chi connectivity index (χ1v) is 6.84. The van der Waals surface area contributed by atoms with Crippen molar-refractivity contribution in [2.45, 2.75) is 6.92 Å². The zero-order valence-corrected chi connectivity index (χ0v) is 12.6. The van der Waals surface area contributed by atoms with Crippen molar-refractivity contribution in [1.29, 1.82) is 0 Å². The van der Waals surface area contributed by atoms with E-state index in [2.05, 4.69) is 22.0 Å². The van der Waals surface area contributed by atoms with Gasteiger partial charge in [-0.15, -0.1) is 0 Å². The van der Waals surface area contributed by atoms with Crippen LogP contribution in [0.4, 0.5) is 0 Å². The quantitative estimate of drug-likeness (QED) is 0.603. The zero-order valence-electron chi connectivity index (χ0n) is 9.05. The van der Waals surface area contributed by atoms with E-state index >= 15 is 0 Å². The van der Waals surface area contributed by atoms with Gasteiger partial charge in [0, 0.05) is 0 Å². The van der Waals surface area contributed by atoms with Gasteiger partial charge < -0.3 is 0 Å². The summed E-state index contributed by atoms with van der Waals surface area (Å²) < 4.78 is 8.28. The Bertz CT molecular complexity index is 557. The Labute approximate surface area is 121 Å². The number of aromatic nitrogens is 1. The number of halogens is 1. The van der Waals surface area contributed by atoms with Crippen LogP contribution in [-0.4, -0.2) is 27.4 Å². The summed E-state index contributed by atoms with van der Waals surface area (Å²) >= 11 is 4.29. The van der Waals surface area contributed by atoms with Crippen LogP contribution in [0.15, 0.2) is 6.20 Å². The van der Waals surface area contributed by atoms with E-state index in [0.29, 0.717) is 10.6 Å². The molecule has 0 saturated heterocycles. The van der Waals surface area contributed by atoms with Crippen molar-refractivity contribution in [3.8, 4) is 5.75 Å². The molecule has 1 rings (SSSR count). The van der Waals surface area contributed by atoms with Crippen molar-refractivity contribution in [2.24, 2.45) is 0 Å². The number of esters is 1. The number of aromatic hydroxyl groups is 1. The van der Waals surface area contributed by atoms with Crippen LogP contribution in [0.5, 0.6) is 5.75 Å². The first kappa shape index (κ1) is 14.4. The average Bonchev–Trinajstić information content (AvgIpc) is 2.32. The summed E-state index contributed by atoms with van der Waals surface area (Å²) in [5.74, 6) is -0.679. The molecule has 0 aliphatic carbocycles. The van der Waals surface area contributed by atoms with Crippen molar-refractivity contribution in [3.05, 3.63) is 22.3 Å². The molecule has 0 saturated carbocycles. The van der Waals surface area contributed by atoms with Crippen LogP contribution in [0.3, 0.4) is 0 Å². The van der Waals surface area contributed by atoms with E-state index in [1.165, 1.54) is 6.20 Å². The molecule has 0 unspecified atom stereocenters. The second-order valence-corrected chi connectivity index (χ2v) is 4.05. The molecular weight excluding hydrogens is 372 g/mol. The van der Waals surface area contributed by atoms with Gasteiger partial charge in [-0.2, -0.15) is 0 Å². The second-order valence-electron chi connectivity index (χ2n) is 2.96. The van der Waals surface area contributed by atoms with Crippen LogP contribution >= 0.6 is 22.6 Å². The Hall–Kier alpha value is -0.656. The van der Waals surface area contributed by atoms with Crippen molar-refractivity contribution in [1.82, 2.24) is 4.98 Å². The molecule has 1 heterocycles. The van der Waals surface area contributed by atoms with Gasteiger partial charge >= 0.3 is 122 Å². The third-order valence-electron chi connectivity index (χ3n) is 1.96. The van der Waals surface area contributed by atoms with Gasteiger partial charge in [-0.1, -0.05) is 0 Å². The third-order valence-corrected chi connectivity index (χ3v) is 2.78. The number of rotatable bonds is 3. The molecule has 89 valence electrons. The summed E-state index contributed by atoms with van der Waals surface area (Å²) in [6.07, 6.45) is 3.00. The van der Waals surface area contributed by atoms with Crippen LogP contribution < -0.4 is 10.6 Å². The average molecular weight is 382 g/mol. The summed E-state index contributed by atoms with van der Waals surface area (Å²) in [6.45, 7) is 1.97. The summed E-state index contributed by atoms with van der Waals surface area (Å²) in [7, 11) is 0. The van der Waals surface area contributed by atoms with Crippen molar-refractivity contribution in [3.63, 3.8) is 0 Å². The molecule has 0 aromatic carbocycles. The summed E-state index contributed by atoms with van der Waals surface area (Å²) in [4.78, 5) is 15.7. The number of carbonyl (C=O) groups is 1. The molecule has 4 nitrogen and oxygen atoms in total. The van der Waals surface area contributed by atoms with Crippen LogP contribution in [0.1, 0.15) is 17.3 Å². The summed E-state index contributed by atoms with van der Waals surface area (Å²) in [5.41, 5.74) is 0.0782. The molecule has 0 bridgehead atoms. The standard InChI is InChI=1S/C11H10INO3.V/c1-3-7-9(5-12)13-6-8(10(7)14)11(15)16-4-2;/h1,3,5-6,14H,4H2,2H3;/b7-3+,9-5?;. The van der Waals surface area contributed by atoms with Crippen LogP contribution in [-0.2, 0) is 21.7 Å². The second kappa shape index (κ2) is 6.93. The van der Waals surface area contributed by atoms with Crippen LogP contribution in [0.2, 0.25) is 0 Å². The minimum atomic E-state index is -0.572. The fourth-order valence-electron chi connectivity index (χ4n) is 1.22. The monoisotopic (exact) mass is 382 g/mol. The SMILES string of the molecule is CCOC(=O)c1cnc(=CI)/c(=C\[CH]=[V])c1O. The van der Waals surface area contributed by atoms with Gasteiger partial charge in [0.05, 0.1) is 0 Å². The Kier molecular flexibility index (Phi) is 5.87. The fraction of sp³-hybridized carbons (Fsp3) is 0.182. The third kappa shape index (κ3) is 3.40. The van der Waals surface area contributed by atoms with Crippen LogP contribution in [0, 0.1) is 0 Å². The molecule has 17 heavy (non-hydrogen) atoms. The van der Waals surface area contributed by atoms with E-state index in [0.717, 1.165) is 0 Å². The number of carbonyl (C=O) groups excluding carboxylic acids is 1. The topological polar surface area (TPSA) is 59.4 Å². The summed E-state index contributed by atoms with van der Waals surface area (Å²) in [5, 5.41) is 11.1. The maximum atomic E-state index is 11.6. The van der Waals surface area contributed by atoms with Gasteiger partial charge in [0.15, 0.2) is 0 Å². The predicted molar refractivity (Wildman–Crippen MR) is 70.1 cm³/mol. The van der Waals surface area contributed by atoms with E-state index in [1.54, 1.807) is 21.8 Å². The predicted octanol–water partition coefficient (Wildman–Crippen LogP) is 0.266. The molecule has 1 N–H and O–H groups in total. The zero-order chi connectivity index (χ0) is 12.8. The van der Waals surface area contributed by atoms with E-state index in [4.69, 9.17) is 4.74 Å². The Morgan fingerprint density at radius 2 is 2.41 bits per heavy atom. The number of ether oxygens (including phenoxy) is 1. The molecule has 0 aliphatic rings. The van der Waals surface area contributed by atoms with E-state index in [9.17, 15) is 9.90 Å². The molecule has 0 spiro atoms. The molecular formula is C11H10INO3V. The summed E-state index contributed by atoms with van der Waals surface area (Å²) in [6, 6.07) is 0. The van der Waals surface area contributed by atoms with Crippen molar-refractivity contribution in [2.75, 3.05) is 6.61 Å². The minimum absolute atomic E-state index is 0.0782. The van der Waals surface area contributed by atoms with Gasteiger partial charge in [0.25, 0.3) is 0 Å². The normalized spacial score (nSPS) is 12.5. The number of pyridine rings is 1. The Morgan fingerprint density at radius 3 is 2.94 bits per heavy atom. The molecule has 0 aliphatic heterocycles. The van der Waals surface area contributed by atoms with Crippen LogP contribution in [0.25, 0.3) is 10.2 Å². The molecule has 1 aromatic rings. The van der Waals surface area contributed by atoms with Gasteiger partial charge in [-0.05, 0) is 0 Å². The molecule has 0 fully saturated rings. The van der Waals surface area contributed by atoms with E-state index in [1.807, 2.05) is 22.6 Å². The van der Waals surface area contributed by atoms with Gasteiger partial charge in [-0.25, -0.2) is 0 Å². The molecule has 1 aromatic heterocycles. The van der Waals surface area contributed by atoms with E-state index < -0.39 is 5.97 Å². The number of hydrogen-bond acceptors (Lipinski definition) is 4. The van der Waals surface area contributed by atoms with Gasteiger partial charge in [0.2, 0.25) is 0 Å². The van der Waals surface area contributed by atoms with Crippen molar-refractivity contribution < 1.29 is 31.6 Å². The Balaban J connectivity index is 3.50. The number of hydrogen-bond donors (Lipinski definition) is 1. The van der Waals surface area contributed by atoms with Gasteiger partial charge in [-0.3, -0.25) is 0 Å². The first-order chi connectivity index (χ1) is 8.15. The Morgan fingerprint density at radius 1 is 1.71 bits per heavy atom. The molecule has 0 radical (unpaired) electrons. The first-order valence-electron chi connectivity index (χ1n) is 4.79. The molecule has 0 atom stereocenters. The van der Waals surface area contributed by atoms with E-state index in [-0.39, 0.29) is 17.9 Å². The number of nitrogens with zero attached hydrogens (tertiary/aromatic N) is 1. The van der Waals surface area contributed by atoms with Crippen molar-refractivity contribution >= 4 is 43.4 Å². The van der Waals surface area contributed by atoms with Gasteiger partial charge in [0.1, 0.15) is 0 Å². The maximum absolute atomic E-state index is 11.6. The molecule has 0 amide bonds. The fourth-order valence-corrected chi connectivity index (χ4v) is 1.94. The molecule has 6 heteroatoms.